The number of rotatable bonds is 3. The predicted molar refractivity (Wildman–Crippen MR) is 77.9 cm³/mol. The van der Waals surface area contributed by atoms with Gasteiger partial charge in [0.05, 0.1) is 17.2 Å². The molecule has 3 rings (SSSR count). The third kappa shape index (κ3) is 2.70. The molecule has 3 atom stereocenters. The summed E-state index contributed by atoms with van der Waals surface area (Å²) in [5.74, 6) is 0.510. The topological polar surface area (TPSA) is 43.4 Å². The van der Waals surface area contributed by atoms with E-state index in [-0.39, 0.29) is 11.6 Å². The first kappa shape index (κ1) is 14.3. The number of aromatic nitrogens is 1. The van der Waals surface area contributed by atoms with Crippen LogP contribution in [0, 0.1) is 5.92 Å². The van der Waals surface area contributed by atoms with Gasteiger partial charge in [0.15, 0.2) is 0 Å². The maximum Gasteiger partial charge on any atom is 0.0940 e. The first-order chi connectivity index (χ1) is 9.74. The molecule has 0 bridgehead atoms. The Hall–Kier alpha value is -0.680. The summed E-state index contributed by atoms with van der Waals surface area (Å²) in [7, 11) is 1.99. The highest BCUT2D eigenvalue weighted by atomic mass is 35.5. The zero-order valence-corrected chi connectivity index (χ0v) is 12.5. The van der Waals surface area contributed by atoms with Crippen LogP contribution in [0.5, 0.6) is 0 Å². The zero-order chi connectivity index (χ0) is 14.0. The summed E-state index contributed by atoms with van der Waals surface area (Å²) in [5, 5.41) is 4.16. The summed E-state index contributed by atoms with van der Waals surface area (Å²) in [5.41, 5.74) is 1.06. The average Bonchev–Trinajstić information content (AvgIpc) is 2.90. The predicted octanol–water partition coefficient (Wildman–Crippen LogP) is 2.58. The average molecular weight is 297 g/mol. The number of nitrogens with one attached hydrogen (secondary N) is 1. The van der Waals surface area contributed by atoms with E-state index in [0.29, 0.717) is 5.92 Å². The molecule has 0 aromatic carbocycles. The molecule has 0 aliphatic carbocycles. The van der Waals surface area contributed by atoms with Crippen LogP contribution in [0.4, 0.5) is 0 Å². The fourth-order valence-electron chi connectivity index (χ4n) is 3.50. The van der Waals surface area contributed by atoms with Crippen LogP contribution >= 0.6 is 11.6 Å². The zero-order valence-electron chi connectivity index (χ0n) is 11.8. The van der Waals surface area contributed by atoms with E-state index in [0.717, 1.165) is 49.7 Å². The van der Waals surface area contributed by atoms with Crippen LogP contribution in [-0.2, 0) is 9.47 Å². The summed E-state index contributed by atoms with van der Waals surface area (Å²) in [6.07, 6.45) is 6.60. The minimum Gasteiger partial charge on any atom is -0.378 e. The van der Waals surface area contributed by atoms with E-state index in [1.165, 1.54) is 0 Å². The molecule has 3 unspecified atom stereocenters. The number of hydrogen-bond donors (Lipinski definition) is 1. The van der Waals surface area contributed by atoms with Gasteiger partial charge in [-0.05, 0) is 37.4 Å². The van der Waals surface area contributed by atoms with Crippen molar-refractivity contribution >= 4 is 11.6 Å². The lowest BCUT2D eigenvalue weighted by Crippen LogP contribution is -2.43. The SMILES string of the molecule is CNC(c1ccncc1Cl)C1CCOC2(CCOC2)C1. The van der Waals surface area contributed by atoms with Gasteiger partial charge in [-0.25, -0.2) is 0 Å². The lowest BCUT2D eigenvalue weighted by atomic mass is 9.79. The maximum atomic E-state index is 6.31. The second kappa shape index (κ2) is 5.98. The van der Waals surface area contributed by atoms with E-state index in [1.54, 1.807) is 12.4 Å². The van der Waals surface area contributed by atoms with Crippen LogP contribution in [0.3, 0.4) is 0 Å². The Bertz CT molecular complexity index is 463. The van der Waals surface area contributed by atoms with E-state index in [9.17, 15) is 0 Å². The third-order valence-corrected chi connectivity index (χ3v) is 4.84. The molecule has 20 heavy (non-hydrogen) atoms. The molecule has 0 amide bonds. The molecule has 4 nitrogen and oxygen atoms in total. The lowest BCUT2D eigenvalue weighted by Gasteiger charge is -2.40. The number of ether oxygens (including phenoxy) is 2. The molecule has 1 spiro atoms. The van der Waals surface area contributed by atoms with Gasteiger partial charge in [-0.1, -0.05) is 11.6 Å². The molecule has 0 saturated carbocycles. The molecule has 1 N–H and O–H groups in total. The van der Waals surface area contributed by atoms with Crippen molar-refractivity contribution in [3.63, 3.8) is 0 Å². The third-order valence-electron chi connectivity index (χ3n) is 4.52. The number of hydrogen-bond acceptors (Lipinski definition) is 4. The van der Waals surface area contributed by atoms with E-state index in [4.69, 9.17) is 21.1 Å². The second-order valence-corrected chi connectivity index (χ2v) is 6.16. The molecule has 1 aromatic heterocycles. The fraction of sp³-hybridized carbons (Fsp3) is 0.667. The summed E-state index contributed by atoms with van der Waals surface area (Å²) in [6, 6.07) is 2.25. The maximum absolute atomic E-state index is 6.31. The van der Waals surface area contributed by atoms with Crippen molar-refractivity contribution in [3.8, 4) is 0 Å². The molecular weight excluding hydrogens is 276 g/mol. The second-order valence-electron chi connectivity index (χ2n) is 5.75. The van der Waals surface area contributed by atoms with E-state index < -0.39 is 0 Å². The summed E-state index contributed by atoms with van der Waals surface area (Å²) in [6.45, 7) is 2.34. The van der Waals surface area contributed by atoms with Gasteiger partial charge in [0.25, 0.3) is 0 Å². The quantitative estimate of drug-likeness (QED) is 0.931. The van der Waals surface area contributed by atoms with Gasteiger partial charge in [0, 0.05) is 38.1 Å². The normalized spacial score (nSPS) is 31.6. The molecule has 2 fully saturated rings. The lowest BCUT2D eigenvalue weighted by molar-refractivity contribution is -0.103. The standard InChI is InChI=1S/C15H21ClN2O2/c1-17-14(12-2-5-18-9-13(12)16)11-3-6-20-15(8-11)4-7-19-10-15/h2,5,9,11,14,17H,3-4,6-8,10H2,1H3. The summed E-state index contributed by atoms with van der Waals surface area (Å²) >= 11 is 6.31. The monoisotopic (exact) mass is 296 g/mol. The van der Waals surface area contributed by atoms with Crippen LogP contribution in [0.15, 0.2) is 18.5 Å². The Balaban J connectivity index is 1.81. The Morgan fingerprint density at radius 3 is 3.10 bits per heavy atom. The van der Waals surface area contributed by atoms with Crippen molar-refractivity contribution in [1.29, 1.82) is 0 Å². The number of nitrogens with zero attached hydrogens (tertiary/aromatic N) is 1. The van der Waals surface area contributed by atoms with E-state index in [1.807, 2.05) is 13.1 Å². The molecule has 3 heterocycles. The fourth-order valence-corrected chi connectivity index (χ4v) is 3.73. The molecule has 0 radical (unpaired) electrons. The highest BCUT2D eigenvalue weighted by Gasteiger charge is 2.43. The Labute approximate surface area is 124 Å². The van der Waals surface area contributed by atoms with Crippen LogP contribution < -0.4 is 5.32 Å². The molecule has 5 heteroatoms. The molecule has 2 aliphatic heterocycles. The van der Waals surface area contributed by atoms with Crippen molar-refractivity contribution in [2.24, 2.45) is 5.92 Å². The van der Waals surface area contributed by atoms with Gasteiger partial charge in [-0.3, -0.25) is 4.98 Å². The smallest absolute Gasteiger partial charge is 0.0940 e. The molecule has 2 saturated heterocycles. The minimum atomic E-state index is -0.0719. The summed E-state index contributed by atoms with van der Waals surface area (Å²) in [4.78, 5) is 4.07. The van der Waals surface area contributed by atoms with Gasteiger partial charge in [-0.2, -0.15) is 0 Å². The number of pyridine rings is 1. The van der Waals surface area contributed by atoms with Crippen LogP contribution in [0.1, 0.15) is 30.9 Å². The Morgan fingerprint density at radius 1 is 1.50 bits per heavy atom. The molecule has 2 aliphatic rings. The van der Waals surface area contributed by atoms with Crippen molar-refractivity contribution < 1.29 is 9.47 Å². The summed E-state index contributed by atoms with van der Waals surface area (Å²) < 4.78 is 11.6. The Kier molecular flexibility index (Phi) is 4.26. The first-order valence-corrected chi connectivity index (χ1v) is 7.60. The first-order valence-electron chi connectivity index (χ1n) is 7.22. The van der Waals surface area contributed by atoms with Crippen molar-refractivity contribution in [3.05, 3.63) is 29.0 Å². The molecular formula is C15H21ClN2O2. The van der Waals surface area contributed by atoms with Crippen LogP contribution in [0.25, 0.3) is 0 Å². The van der Waals surface area contributed by atoms with E-state index in [2.05, 4.69) is 10.3 Å². The number of halogens is 1. The van der Waals surface area contributed by atoms with Crippen molar-refractivity contribution in [1.82, 2.24) is 10.3 Å². The van der Waals surface area contributed by atoms with Gasteiger partial charge in [0.1, 0.15) is 0 Å². The largest absolute Gasteiger partial charge is 0.378 e. The van der Waals surface area contributed by atoms with Gasteiger partial charge < -0.3 is 14.8 Å². The Morgan fingerprint density at radius 2 is 2.40 bits per heavy atom. The van der Waals surface area contributed by atoms with Gasteiger partial charge in [0.2, 0.25) is 0 Å². The minimum absolute atomic E-state index is 0.0719. The van der Waals surface area contributed by atoms with Gasteiger partial charge in [-0.15, -0.1) is 0 Å². The van der Waals surface area contributed by atoms with Crippen LogP contribution in [-0.4, -0.2) is 37.5 Å². The highest BCUT2D eigenvalue weighted by Crippen LogP contribution is 2.41. The van der Waals surface area contributed by atoms with E-state index >= 15 is 0 Å². The van der Waals surface area contributed by atoms with Crippen LogP contribution in [0.2, 0.25) is 5.02 Å². The molecule has 110 valence electrons. The highest BCUT2D eigenvalue weighted by molar-refractivity contribution is 6.31. The van der Waals surface area contributed by atoms with Crippen molar-refractivity contribution in [2.45, 2.75) is 30.9 Å². The van der Waals surface area contributed by atoms with Crippen molar-refractivity contribution in [2.75, 3.05) is 26.9 Å². The van der Waals surface area contributed by atoms with Gasteiger partial charge >= 0.3 is 0 Å². The molecule has 1 aromatic rings.